The fraction of sp³-hybridized carbons (Fsp3) is 0.250. The molecule has 1 aromatic rings. The Morgan fingerprint density at radius 1 is 1.35 bits per heavy atom. The molecule has 1 amide bonds. The SMILES string of the molecule is CC=CC(=O)Nc1ccc(C)c(C(F)(F)F)c1. The molecule has 92 valence electrons. The maximum Gasteiger partial charge on any atom is 0.416 e. The van der Waals surface area contributed by atoms with Gasteiger partial charge in [-0.3, -0.25) is 4.79 Å². The first-order valence-corrected chi connectivity index (χ1v) is 4.96. The van der Waals surface area contributed by atoms with Crippen LogP contribution in [0.2, 0.25) is 0 Å². The lowest BCUT2D eigenvalue weighted by Gasteiger charge is -2.12. The van der Waals surface area contributed by atoms with Gasteiger partial charge >= 0.3 is 6.18 Å². The van der Waals surface area contributed by atoms with Crippen LogP contribution in [0.1, 0.15) is 18.1 Å². The number of anilines is 1. The van der Waals surface area contributed by atoms with Gasteiger partial charge in [0.1, 0.15) is 0 Å². The standard InChI is InChI=1S/C12H12F3NO/c1-3-4-11(17)16-9-6-5-8(2)10(7-9)12(13,14)15/h3-7H,1-2H3,(H,16,17). The van der Waals surface area contributed by atoms with E-state index in [2.05, 4.69) is 5.32 Å². The highest BCUT2D eigenvalue weighted by Gasteiger charge is 2.32. The van der Waals surface area contributed by atoms with Gasteiger partial charge in [-0.1, -0.05) is 12.1 Å². The van der Waals surface area contributed by atoms with Crippen LogP contribution in [-0.4, -0.2) is 5.91 Å². The molecular formula is C12H12F3NO. The number of benzene rings is 1. The zero-order valence-corrected chi connectivity index (χ0v) is 9.43. The molecule has 0 bridgehead atoms. The Bertz CT molecular complexity index is 450. The highest BCUT2D eigenvalue weighted by Crippen LogP contribution is 2.33. The number of alkyl halides is 3. The van der Waals surface area contributed by atoms with Crippen LogP contribution in [0.15, 0.2) is 30.4 Å². The van der Waals surface area contributed by atoms with Crippen molar-refractivity contribution in [1.29, 1.82) is 0 Å². The van der Waals surface area contributed by atoms with Crippen molar-refractivity contribution in [2.45, 2.75) is 20.0 Å². The Balaban J connectivity index is 3.01. The largest absolute Gasteiger partial charge is 0.416 e. The lowest BCUT2D eigenvalue weighted by Crippen LogP contribution is -2.11. The van der Waals surface area contributed by atoms with Crippen molar-refractivity contribution in [3.63, 3.8) is 0 Å². The summed E-state index contributed by atoms with van der Waals surface area (Å²) < 4.78 is 37.8. The molecule has 0 fully saturated rings. The van der Waals surface area contributed by atoms with Gasteiger partial charge < -0.3 is 5.32 Å². The van der Waals surface area contributed by atoms with Gasteiger partial charge in [0.15, 0.2) is 0 Å². The quantitative estimate of drug-likeness (QED) is 0.791. The van der Waals surface area contributed by atoms with E-state index in [-0.39, 0.29) is 11.3 Å². The molecule has 0 aliphatic heterocycles. The molecule has 0 heterocycles. The first-order chi connectivity index (χ1) is 7.84. The van der Waals surface area contributed by atoms with E-state index in [1.165, 1.54) is 31.2 Å². The summed E-state index contributed by atoms with van der Waals surface area (Å²) in [7, 11) is 0. The van der Waals surface area contributed by atoms with Gasteiger partial charge in [-0.2, -0.15) is 13.2 Å². The van der Waals surface area contributed by atoms with Gasteiger partial charge in [0.05, 0.1) is 5.56 Å². The molecule has 0 radical (unpaired) electrons. The molecule has 2 nitrogen and oxygen atoms in total. The van der Waals surface area contributed by atoms with E-state index in [9.17, 15) is 18.0 Å². The number of amides is 1. The van der Waals surface area contributed by atoms with Gasteiger partial charge in [-0.15, -0.1) is 0 Å². The molecule has 0 atom stereocenters. The van der Waals surface area contributed by atoms with Crippen LogP contribution in [0.3, 0.4) is 0 Å². The van der Waals surface area contributed by atoms with E-state index in [0.29, 0.717) is 0 Å². The summed E-state index contributed by atoms with van der Waals surface area (Å²) in [6.07, 6.45) is -1.66. The van der Waals surface area contributed by atoms with E-state index in [1.54, 1.807) is 6.92 Å². The summed E-state index contributed by atoms with van der Waals surface area (Å²) in [4.78, 5) is 11.2. The summed E-state index contributed by atoms with van der Waals surface area (Å²) in [5.74, 6) is -0.454. The van der Waals surface area contributed by atoms with Crippen molar-refractivity contribution in [2.24, 2.45) is 0 Å². The van der Waals surface area contributed by atoms with Crippen molar-refractivity contribution in [3.8, 4) is 0 Å². The van der Waals surface area contributed by atoms with Gasteiger partial charge in [0, 0.05) is 5.69 Å². The van der Waals surface area contributed by atoms with Crippen molar-refractivity contribution < 1.29 is 18.0 Å². The number of nitrogens with one attached hydrogen (secondary N) is 1. The second kappa shape index (κ2) is 5.03. The summed E-state index contributed by atoms with van der Waals surface area (Å²) in [6.45, 7) is 3.02. The Hall–Kier alpha value is -1.78. The molecule has 0 aliphatic carbocycles. The normalized spacial score (nSPS) is 11.8. The number of aryl methyl sites for hydroxylation is 1. The molecule has 0 unspecified atom stereocenters. The smallest absolute Gasteiger partial charge is 0.323 e. The van der Waals surface area contributed by atoms with Gasteiger partial charge in [-0.25, -0.2) is 0 Å². The van der Waals surface area contributed by atoms with Crippen LogP contribution in [-0.2, 0) is 11.0 Å². The monoisotopic (exact) mass is 243 g/mol. The summed E-state index contributed by atoms with van der Waals surface area (Å²) in [5, 5.41) is 2.36. The highest BCUT2D eigenvalue weighted by atomic mass is 19.4. The molecule has 1 rings (SSSR count). The third kappa shape index (κ3) is 3.62. The Labute approximate surface area is 97.1 Å². The van der Waals surface area contributed by atoms with Crippen LogP contribution in [0, 0.1) is 6.92 Å². The average molecular weight is 243 g/mol. The minimum absolute atomic E-state index is 0.126. The number of allylic oxidation sites excluding steroid dienone is 1. The Morgan fingerprint density at radius 2 is 2.00 bits per heavy atom. The van der Waals surface area contributed by atoms with E-state index < -0.39 is 17.6 Å². The highest BCUT2D eigenvalue weighted by molar-refractivity contribution is 5.99. The van der Waals surface area contributed by atoms with Crippen molar-refractivity contribution in [3.05, 3.63) is 41.5 Å². The molecule has 0 saturated heterocycles. The number of hydrogen-bond donors (Lipinski definition) is 1. The molecule has 5 heteroatoms. The number of carbonyl (C=O) groups is 1. The van der Waals surface area contributed by atoms with Crippen molar-refractivity contribution in [2.75, 3.05) is 5.32 Å². The van der Waals surface area contributed by atoms with Crippen molar-refractivity contribution in [1.82, 2.24) is 0 Å². The minimum atomic E-state index is -4.41. The molecule has 17 heavy (non-hydrogen) atoms. The predicted molar refractivity (Wildman–Crippen MR) is 59.6 cm³/mol. The van der Waals surface area contributed by atoms with Gasteiger partial charge in [0.25, 0.3) is 0 Å². The molecule has 1 N–H and O–H groups in total. The van der Waals surface area contributed by atoms with E-state index in [4.69, 9.17) is 0 Å². The fourth-order valence-corrected chi connectivity index (χ4v) is 1.34. The van der Waals surface area contributed by atoms with Crippen molar-refractivity contribution >= 4 is 11.6 Å². The summed E-state index contributed by atoms with van der Waals surface area (Å²) in [5.41, 5.74) is -0.483. The number of hydrogen-bond acceptors (Lipinski definition) is 1. The molecule has 1 aromatic carbocycles. The lowest BCUT2D eigenvalue weighted by atomic mass is 10.1. The third-order valence-corrected chi connectivity index (χ3v) is 2.13. The van der Waals surface area contributed by atoms with Crippen LogP contribution >= 0.6 is 0 Å². The number of carbonyl (C=O) groups excluding carboxylic acids is 1. The van der Waals surface area contributed by atoms with Crippen LogP contribution in [0.4, 0.5) is 18.9 Å². The summed E-state index contributed by atoms with van der Waals surface area (Å²) in [6, 6.07) is 3.69. The maximum atomic E-state index is 12.6. The molecule has 0 saturated carbocycles. The topological polar surface area (TPSA) is 29.1 Å². The predicted octanol–water partition coefficient (Wildman–Crippen LogP) is 3.53. The molecule has 0 aromatic heterocycles. The summed E-state index contributed by atoms with van der Waals surface area (Å²) >= 11 is 0. The minimum Gasteiger partial charge on any atom is -0.323 e. The number of halogens is 3. The fourth-order valence-electron chi connectivity index (χ4n) is 1.34. The first-order valence-electron chi connectivity index (χ1n) is 4.96. The average Bonchev–Trinajstić information content (AvgIpc) is 2.19. The number of rotatable bonds is 2. The van der Waals surface area contributed by atoms with Crippen LogP contribution < -0.4 is 5.32 Å². The molecular weight excluding hydrogens is 231 g/mol. The lowest BCUT2D eigenvalue weighted by molar-refractivity contribution is -0.138. The maximum absolute atomic E-state index is 12.6. The van der Waals surface area contributed by atoms with E-state index in [1.807, 2.05) is 0 Å². The van der Waals surface area contributed by atoms with Gasteiger partial charge in [0.2, 0.25) is 5.91 Å². The third-order valence-electron chi connectivity index (χ3n) is 2.13. The van der Waals surface area contributed by atoms with Crippen LogP contribution in [0.25, 0.3) is 0 Å². The Kier molecular flexibility index (Phi) is 3.93. The Morgan fingerprint density at radius 3 is 2.53 bits per heavy atom. The molecule has 0 aliphatic rings. The van der Waals surface area contributed by atoms with E-state index in [0.717, 1.165) is 6.07 Å². The first kappa shape index (κ1) is 13.3. The zero-order valence-electron chi connectivity index (χ0n) is 9.43. The second-order valence-electron chi connectivity index (χ2n) is 3.52. The van der Waals surface area contributed by atoms with Gasteiger partial charge in [-0.05, 0) is 37.6 Å². The second-order valence-corrected chi connectivity index (χ2v) is 3.52. The molecule has 0 spiro atoms. The zero-order chi connectivity index (χ0) is 13.1. The van der Waals surface area contributed by atoms with E-state index >= 15 is 0 Å². The van der Waals surface area contributed by atoms with Crippen LogP contribution in [0.5, 0.6) is 0 Å².